The minimum absolute atomic E-state index is 0.120. The third kappa shape index (κ3) is 4.50. The van der Waals surface area contributed by atoms with Crippen molar-refractivity contribution in [1.82, 2.24) is 15.3 Å². The summed E-state index contributed by atoms with van der Waals surface area (Å²) in [6, 6.07) is 10.3. The van der Waals surface area contributed by atoms with Gasteiger partial charge in [-0.15, -0.1) is 0 Å². The Bertz CT molecular complexity index is 600. The molecule has 1 atom stereocenters. The second-order valence-electron chi connectivity index (χ2n) is 5.85. The Balaban J connectivity index is 1.58. The van der Waals surface area contributed by atoms with Gasteiger partial charge in [-0.2, -0.15) is 0 Å². The fourth-order valence-electron chi connectivity index (χ4n) is 2.81. The maximum atomic E-state index is 9.30. The van der Waals surface area contributed by atoms with Crippen molar-refractivity contribution in [2.75, 3.05) is 37.8 Å². The monoisotopic (exact) mass is 328 g/mol. The number of morpholine rings is 1. The first-order valence-corrected chi connectivity index (χ1v) is 8.39. The molecule has 1 aliphatic rings. The van der Waals surface area contributed by atoms with Gasteiger partial charge >= 0.3 is 0 Å². The summed E-state index contributed by atoms with van der Waals surface area (Å²) in [4.78, 5) is 11.1. The fourth-order valence-corrected chi connectivity index (χ4v) is 2.81. The highest BCUT2D eigenvalue weighted by Gasteiger charge is 2.14. The van der Waals surface area contributed by atoms with Crippen LogP contribution in [0, 0.1) is 0 Å². The lowest BCUT2D eigenvalue weighted by Gasteiger charge is -2.26. The molecule has 1 aliphatic heterocycles. The zero-order chi connectivity index (χ0) is 16.6. The van der Waals surface area contributed by atoms with E-state index < -0.39 is 0 Å². The van der Waals surface area contributed by atoms with Gasteiger partial charge in [-0.3, -0.25) is 0 Å². The molecule has 128 valence electrons. The van der Waals surface area contributed by atoms with Gasteiger partial charge in [0.1, 0.15) is 0 Å². The van der Waals surface area contributed by atoms with Crippen molar-refractivity contribution >= 4 is 5.95 Å². The number of benzene rings is 1. The maximum absolute atomic E-state index is 9.30. The number of anilines is 1. The molecule has 1 fully saturated rings. The van der Waals surface area contributed by atoms with Crippen molar-refractivity contribution in [3.63, 3.8) is 0 Å². The first-order chi connectivity index (χ1) is 11.9. The number of nitrogens with zero attached hydrogens (tertiary/aromatic N) is 3. The molecule has 1 aromatic heterocycles. The summed E-state index contributed by atoms with van der Waals surface area (Å²) in [5, 5.41) is 12.8. The highest BCUT2D eigenvalue weighted by atomic mass is 16.5. The van der Waals surface area contributed by atoms with E-state index in [0.29, 0.717) is 13.0 Å². The summed E-state index contributed by atoms with van der Waals surface area (Å²) in [6.07, 6.45) is 4.41. The molecule has 0 spiro atoms. The molecule has 24 heavy (non-hydrogen) atoms. The number of nitrogens with one attached hydrogen (secondary N) is 1. The first kappa shape index (κ1) is 16.8. The Kier molecular flexibility index (Phi) is 6.12. The first-order valence-electron chi connectivity index (χ1n) is 8.39. The lowest BCUT2D eigenvalue weighted by molar-refractivity contribution is 0.122. The van der Waals surface area contributed by atoms with Crippen molar-refractivity contribution in [2.24, 2.45) is 0 Å². The summed E-state index contributed by atoms with van der Waals surface area (Å²) in [6.45, 7) is 3.95. The maximum Gasteiger partial charge on any atom is 0.225 e. The summed E-state index contributed by atoms with van der Waals surface area (Å²) in [5.74, 6) is 0.761. The van der Waals surface area contributed by atoms with E-state index in [1.165, 1.54) is 5.56 Å². The van der Waals surface area contributed by atoms with Crippen LogP contribution < -0.4 is 10.2 Å². The van der Waals surface area contributed by atoms with Crippen molar-refractivity contribution in [2.45, 2.75) is 19.0 Å². The van der Waals surface area contributed by atoms with Crippen LogP contribution in [0.5, 0.6) is 0 Å². The Morgan fingerprint density at radius 2 is 1.83 bits per heavy atom. The molecule has 3 rings (SSSR count). The van der Waals surface area contributed by atoms with E-state index in [0.717, 1.165) is 37.8 Å². The van der Waals surface area contributed by atoms with Crippen LogP contribution in [-0.4, -0.2) is 48.0 Å². The van der Waals surface area contributed by atoms with Crippen LogP contribution in [0.3, 0.4) is 0 Å². The second-order valence-corrected chi connectivity index (χ2v) is 5.85. The number of ether oxygens (including phenoxy) is 1. The number of hydrogen-bond acceptors (Lipinski definition) is 6. The van der Waals surface area contributed by atoms with E-state index in [1.54, 1.807) is 0 Å². The Hall–Kier alpha value is -2.02. The van der Waals surface area contributed by atoms with Gasteiger partial charge in [-0.1, -0.05) is 30.3 Å². The van der Waals surface area contributed by atoms with Crippen LogP contribution in [0.4, 0.5) is 5.95 Å². The topological polar surface area (TPSA) is 70.5 Å². The summed E-state index contributed by atoms with van der Waals surface area (Å²) < 4.78 is 5.35. The van der Waals surface area contributed by atoms with Gasteiger partial charge in [0, 0.05) is 50.2 Å². The van der Waals surface area contributed by atoms with Crippen LogP contribution in [0.15, 0.2) is 42.7 Å². The molecule has 0 amide bonds. The minimum atomic E-state index is 0.120. The van der Waals surface area contributed by atoms with E-state index >= 15 is 0 Å². The van der Waals surface area contributed by atoms with Crippen LogP contribution in [0.2, 0.25) is 0 Å². The standard InChI is InChI=1S/C18H24N4O2/c23-9-6-17(16-4-2-1-3-5-16)19-12-15-13-20-18(21-14-15)22-7-10-24-11-8-22/h1-5,13-14,17,19,23H,6-12H2/t17-/m1/s1. The van der Waals surface area contributed by atoms with Crippen LogP contribution in [0.25, 0.3) is 0 Å². The van der Waals surface area contributed by atoms with Gasteiger partial charge in [-0.25, -0.2) is 9.97 Å². The number of aromatic nitrogens is 2. The zero-order valence-corrected chi connectivity index (χ0v) is 13.8. The van der Waals surface area contributed by atoms with E-state index in [-0.39, 0.29) is 12.6 Å². The molecule has 2 aromatic rings. The van der Waals surface area contributed by atoms with Gasteiger partial charge < -0.3 is 20.1 Å². The van der Waals surface area contributed by atoms with Crippen molar-refractivity contribution < 1.29 is 9.84 Å². The van der Waals surface area contributed by atoms with Crippen molar-refractivity contribution in [3.8, 4) is 0 Å². The molecule has 2 N–H and O–H groups in total. The van der Waals surface area contributed by atoms with E-state index in [2.05, 4.69) is 32.3 Å². The van der Waals surface area contributed by atoms with Gasteiger partial charge in [-0.05, 0) is 12.0 Å². The minimum Gasteiger partial charge on any atom is -0.396 e. The molecule has 0 saturated carbocycles. The molecule has 0 radical (unpaired) electrons. The van der Waals surface area contributed by atoms with Gasteiger partial charge in [0.25, 0.3) is 0 Å². The molecule has 1 saturated heterocycles. The smallest absolute Gasteiger partial charge is 0.225 e. The third-order valence-electron chi connectivity index (χ3n) is 4.16. The molecule has 2 heterocycles. The van der Waals surface area contributed by atoms with Crippen molar-refractivity contribution in [3.05, 3.63) is 53.9 Å². The summed E-state index contributed by atoms with van der Waals surface area (Å²) in [5.41, 5.74) is 2.21. The summed E-state index contributed by atoms with van der Waals surface area (Å²) in [7, 11) is 0. The molecule has 0 unspecified atom stereocenters. The molecular weight excluding hydrogens is 304 g/mol. The molecule has 1 aromatic carbocycles. The molecule has 0 bridgehead atoms. The average molecular weight is 328 g/mol. The van der Waals surface area contributed by atoms with Crippen LogP contribution in [-0.2, 0) is 11.3 Å². The van der Waals surface area contributed by atoms with Gasteiger partial charge in [0.2, 0.25) is 5.95 Å². The Labute approximate surface area is 142 Å². The number of hydrogen-bond donors (Lipinski definition) is 2. The number of aliphatic hydroxyl groups is 1. The van der Waals surface area contributed by atoms with E-state index in [9.17, 15) is 5.11 Å². The van der Waals surface area contributed by atoms with E-state index in [1.807, 2.05) is 30.6 Å². The predicted molar refractivity (Wildman–Crippen MR) is 92.8 cm³/mol. The zero-order valence-electron chi connectivity index (χ0n) is 13.8. The Morgan fingerprint density at radius 3 is 2.50 bits per heavy atom. The third-order valence-corrected chi connectivity index (χ3v) is 4.16. The van der Waals surface area contributed by atoms with Crippen LogP contribution >= 0.6 is 0 Å². The highest BCUT2D eigenvalue weighted by molar-refractivity contribution is 5.30. The lowest BCUT2D eigenvalue weighted by Crippen LogP contribution is -2.37. The SMILES string of the molecule is OCC[C@@H](NCc1cnc(N2CCOCC2)nc1)c1ccccc1. The van der Waals surface area contributed by atoms with Crippen LogP contribution in [0.1, 0.15) is 23.6 Å². The quantitative estimate of drug-likeness (QED) is 0.803. The largest absolute Gasteiger partial charge is 0.396 e. The molecule has 6 nitrogen and oxygen atoms in total. The second kappa shape index (κ2) is 8.73. The summed E-state index contributed by atoms with van der Waals surface area (Å²) >= 11 is 0. The fraction of sp³-hybridized carbons (Fsp3) is 0.444. The lowest BCUT2D eigenvalue weighted by atomic mass is 10.0. The number of rotatable bonds is 7. The predicted octanol–water partition coefficient (Wildman–Crippen LogP) is 1.53. The van der Waals surface area contributed by atoms with Gasteiger partial charge in [0.05, 0.1) is 13.2 Å². The van der Waals surface area contributed by atoms with Gasteiger partial charge in [0.15, 0.2) is 0 Å². The highest BCUT2D eigenvalue weighted by Crippen LogP contribution is 2.17. The number of aliphatic hydroxyl groups excluding tert-OH is 1. The molecule has 0 aliphatic carbocycles. The average Bonchev–Trinajstić information content (AvgIpc) is 2.67. The molecular formula is C18H24N4O2. The Morgan fingerprint density at radius 1 is 1.12 bits per heavy atom. The normalized spacial score (nSPS) is 16.1. The van der Waals surface area contributed by atoms with E-state index in [4.69, 9.17) is 4.74 Å². The van der Waals surface area contributed by atoms with Crippen molar-refractivity contribution in [1.29, 1.82) is 0 Å². The molecule has 6 heteroatoms.